The van der Waals surface area contributed by atoms with Crippen LogP contribution in [0.1, 0.15) is 61.9 Å². The highest BCUT2D eigenvalue weighted by atomic mass is 35.5. The van der Waals surface area contributed by atoms with Crippen molar-refractivity contribution in [1.82, 2.24) is 9.62 Å². The van der Waals surface area contributed by atoms with Gasteiger partial charge in [-0.2, -0.15) is 0 Å². The smallest absolute Gasteiger partial charge is 0.309 e. The van der Waals surface area contributed by atoms with E-state index < -0.39 is 62.7 Å². The Bertz CT molecular complexity index is 1650. The Kier molecular flexibility index (Phi) is 9.39. The van der Waals surface area contributed by atoms with E-state index in [9.17, 15) is 27.5 Å². The van der Waals surface area contributed by atoms with E-state index in [1.54, 1.807) is 54.6 Å². The molecule has 2 aliphatic rings. The first-order valence-corrected chi connectivity index (χ1v) is 16.6. The van der Waals surface area contributed by atoms with Crippen LogP contribution in [0.5, 0.6) is 0 Å². The molecule has 12 heteroatoms. The lowest BCUT2D eigenvalue weighted by molar-refractivity contribution is -0.190. The van der Waals surface area contributed by atoms with Gasteiger partial charge in [0.25, 0.3) is 5.91 Å². The minimum atomic E-state index is -4.08. The number of nitrogens with one attached hydrogen (secondary N) is 1. The van der Waals surface area contributed by atoms with Crippen molar-refractivity contribution < 1.29 is 32.2 Å². The van der Waals surface area contributed by atoms with E-state index in [0.717, 1.165) is 0 Å². The Hall–Kier alpha value is -3.02. The molecule has 0 aromatic heterocycles. The van der Waals surface area contributed by atoms with Crippen molar-refractivity contribution in [3.63, 3.8) is 0 Å². The molecule has 1 aliphatic heterocycles. The number of carboxylic acid groups (broad SMARTS) is 1. The van der Waals surface area contributed by atoms with Crippen LogP contribution in [0.4, 0.5) is 4.39 Å². The summed E-state index contributed by atoms with van der Waals surface area (Å²) < 4.78 is 49.8. The van der Waals surface area contributed by atoms with E-state index in [1.807, 2.05) is 6.92 Å². The molecule has 0 radical (unpaired) electrons. The number of morpholine rings is 1. The minimum absolute atomic E-state index is 0.110. The van der Waals surface area contributed by atoms with Gasteiger partial charge in [0.1, 0.15) is 22.8 Å². The maximum Gasteiger partial charge on any atom is 0.309 e. The van der Waals surface area contributed by atoms with Gasteiger partial charge in [0, 0.05) is 28.2 Å². The Balaban J connectivity index is 1.56. The van der Waals surface area contributed by atoms with Crippen molar-refractivity contribution in [2.45, 2.75) is 62.1 Å². The first kappa shape index (κ1) is 32.4. The fourth-order valence-electron chi connectivity index (χ4n) is 5.94. The van der Waals surface area contributed by atoms with E-state index in [-0.39, 0.29) is 24.9 Å². The lowest BCUT2D eigenvalue weighted by Crippen LogP contribution is -2.59. The van der Waals surface area contributed by atoms with Crippen LogP contribution in [0.25, 0.3) is 0 Å². The quantitative estimate of drug-likeness (QED) is 0.251. The van der Waals surface area contributed by atoms with Crippen LogP contribution in [0.3, 0.4) is 0 Å². The molecule has 0 bridgehead atoms. The van der Waals surface area contributed by atoms with Gasteiger partial charge in [-0.3, -0.25) is 9.59 Å². The van der Waals surface area contributed by atoms with Gasteiger partial charge in [-0.1, -0.05) is 72.6 Å². The number of carbonyl (C=O) groups is 2. The molecular formula is C32H33Cl2FN2O6S. The third-order valence-corrected chi connectivity index (χ3v) is 11.3. The molecule has 5 rings (SSSR count). The maximum atomic E-state index is 14.7. The number of hydrogen-bond donors (Lipinski definition) is 2. The number of sulfonamides is 1. The summed E-state index contributed by atoms with van der Waals surface area (Å²) in [5.74, 6) is -3.60. The summed E-state index contributed by atoms with van der Waals surface area (Å²) in [4.78, 5) is 27.9. The largest absolute Gasteiger partial charge is 0.481 e. The molecule has 3 aromatic carbocycles. The normalized spacial score (nSPS) is 22.8. The number of carboxylic acids is 1. The molecule has 1 saturated heterocycles. The van der Waals surface area contributed by atoms with Crippen LogP contribution in [0.15, 0.2) is 72.8 Å². The second-order valence-electron chi connectivity index (χ2n) is 11.3. The highest BCUT2D eigenvalue weighted by molar-refractivity contribution is 7.90. The third kappa shape index (κ3) is 6.10. The molecule has 5 atom stereocenters. The van der Waals surface area contributed by atoms with Crippen molar-refractivity contribution in [2.24, 2.45) is 5.92 Å². The second-order valence-corrected chi connectivity index (χ2v) is 14.2. The average molecular weight is 664 g/mol. The first-order chi connectivity index (χ1) is 20.9. The van der Waals surface area contributed by atoms with Crippen molar-refractivity contribution >= 4 is 45.1 Å². The molecule has 3 aromatic rings. The molecule has 1 amide bonds. The lowest BCUT2D eigenvalue weighted by atomic mass is 9.88. The standard InChI is InChI=1S/C32H33Cl2FN2O6S/c1-3-24(18-36-44(41,42)32(15-16-32)25-9-4-5-10-26(25)35)37-27(20-11-13-22(33)14-12-20)29(21-7-6-8-23(34)17-21)43-28(30(37)38)19(2)31(39)40/h4-14,17,19,24,27-29,36H,3,15-16,18H2,1-2H3,(H,39,40)/t19-,24+,27-,28-,29-/m1/s1. The van der Waals surface area contributed by atoms with Gasteiger partial charge in [0.2, 0.25) is 10.0 Å². The number of aliphatic carboxylic acids is 1. The van der Waals surface area contributed by atoms with Crippen LogP contribution < -0.4 is 4.72 Å². The van der Waals surface area contributed by atoms with Crippen LogP contribution in [0, 0.1) is 11.7 Å². The Morgan fingerprint density at radius 2 is 1.75 bits per heavy atom. The lowest BCUT2D eigenvalue weighted by Gasteiger charge is -2.49. The zero-order valence-corrected chi connectivity index (χ0v) is 26.4. The topological polar surface area (TPSA) is 113 Å². The fourth-order valence-corrected chi connectivity index (χ4v) is 8.05. The molecule has 0 spiro atoms. The van der Waals surface area contributed by atoms with E-state index >= 15 is 0 Å². The number of benzene rings is 3. The number of rotatable bonds is 11. The zero-order chi connectivity index (χ0) is 31.8. The van der Waals surface area contributed by atoms with Crippen LogP contribution in [-0.2, 0) is 29.1 Å². The molecule has 2 N–H and O–H groups in total. The van der Waals surface area contributed by atoms with Crippen molar-refractivity contribution in [3.05, 3.63) is 105 Å². The van der Waals surface area contributed by atoms with E-state index in [0.29, 0.717) is 27.6 Å². The molecular weight excluding hydrogens is 630 g/mol. The second kappa shape index (κ2) is 12.8. The Morgan fingerprint density at radius 1 is 1.07 bits per heavy atom. The van der Waals surface area contributed by atoms with Gasteiger partial charge in [-0.05, 0) is 67.6 Å². The van der Waals surface area contributed by atoms with E-state index in [2.05, 4.69) is 4.72 Å². The molecule has 1 heterocycles. The predicted octanol–water partition coefficient (Wildman–Crippen LogP) is 6.25. The summed E-state index contributed by atoms with van der Waals surface area (Å²) in [6, 6.07) is 18.1. The van der Waals surface area contributed by atoms with Crippen LogP contribution in [0.2, 0.25) is 10.0 Å². The fraction of sp³-hybridized carbons (Fsp3) is 0.375. The summed E-state index contributed by atoms with van der Waals surface area (Å²) in [5.41, 5.74) is 1.38. The summed E-state index contributed by atoms with van der Waals surface area (Å²) in [6.07, 6.45) is -1.36. The molecule has 2 fully saturated rings. The highest BCUT2D eigenvalue weighted by Gasteiger charge is 2.57. The molecule has 1 aliphatic carbocycles. The molecule has 234 valence electrons. The van der Waals surface area contributed by atoms with Gasteiger partial charge in [-0.15, -0.1) is 0 Å². The molecule has 0 unspecified atom stereocenters. The number of hydrogen-bond acceptors (Lipinski definition) is 5. The van der Waals surface area contributed by atoms with Gasteiger partial charge in [0.15, 0.2) is 0 Å². The van der Waals surface area contributed by atoms with Gasteiger partial charge >= 0.3 is 5.97 Å². The number of amides is 1. The summed E-state index contributed by atoms with van der Waals surface area (Å²) in [6.45, 7) is 3.03. The minimum Gasteiger partial charge on any atom is -0.481 e. The maximum absolute atomic E-state index is 14.7. The predicted molar refractivity (Wildman–Crippen MR) is 165 cm³/mol. The van der Waals surface area contributed by atoms with Crippen molar-refractivity contribution in [2.75, 3.05) is 6.54 Å². The summed E-state index contributed by atoms with van der Waals surface area (Å²) in [5, 5.41) is 10.8. The van der Waals surface area contributed by atoms with Crippen LogP contribution in [-0.4, -0.2) is 49.0 Å². The SMILES string of the molecule is CC[C@@H](CNS(=O)(=O)C1(c2ccccc2F)CC1)N1C(=O)[C@@H]([C@@H](C)C(=O)O)O[C@H](c2cccc(Cl)c2)[C@H]1c1ccc(Cl)cc1. The molecule has 8 nitrogen and oxygen atoms in total. The Morgan fingerprint density at radius 3 is 2.34 bits per heavy atom. The molecule has 1 saturated carbocycles. The number of carbonyl (C=O) groups excluding carboxylic acids is 1. The highest BCUT2D eigenvalue weighted by Crippen LogP contribution is 2.53. The number of nitrogens with zero attached hydrogens (tertiary/aromatic N) is 1. The average Bonchev–Trinajstić information content (AvgIpc) is 3.81. The van der Waals surface area contributed by atoms with Gasteiger partial charge in [0.05, 0.1) is 12.0 Å². The molecule has 44 heavy (non-hydrogen) atoms. The number of halogens is 3. The van der Waals surface area contributed by atoms with E-state index in [4.69, 9.17) is 27.9 Å². The number of ether oxygens (including phenoxy) is 1. The van der Waals surface area contributed by atoms with E-state index in [1.165, 1.54) is 30.0 Å². The monoisotopic (exact) mass is 662 g/mol. The third-order valence-electron chi connectivity index (χ3n) is 8.57. The van der Waals surface area contributed by atoms with Gasteiger partial charge in [-0.25, -0.2) is 17.5 Å². The van der Waals surface area contributed by atoms with Crippen molar-refractivity contribution in [3.8, 4) is 0 Å². The summed E-state index contributed by atoms with van der Waals surface area (Å²) in [7, 11) is -4.08. The summed E-state index contributed by atoms with van der Waals surface area (Å²) >= 11 is 12.5. The van der Waals surface area contributed by atoms with Gasteiger partial charge < -0.3 is 14.7 Å². The van der Waals surface area contributed by atoms with Crippen molar-refractivity contribution in [1.29, 1.82) is 0 Å². The Labute approximate surface area is 266 Å². The first-order valence-electron chi connectivity index (χ1n) is 14.4. The zero-order valence-electron chi connectivity index (χ0n) is 24.1. The van der Waals surface area contributed by atoms with Crippen LogP contribution >= 0.6 is 23.2 Å².